The summed E-state index contributed by atoms with van der Waals surface area (Å²) in [6, 6.07) is 2.06. The SMILES string of the molecule is CCC1Cc2cc(C=O)sc2C1. The van der Waals surface area contributed by atoms with Crippen molar-refractivity contribution in [1.82, 2.24) is 0 Å². The van der Waals surface area contributed by atoms with Crippen molar-refractivity contribution in [3.8, 4) is 0 Å². The number of hydrogen-bond acceptors (Lipinski definition) is 2. The lowest BCUT2D eigenvalue weighted by Crippen LogP contribution is -1.96. The molecule has 0 saturated carbocycles. The van der Waals surface area contributed by atoms with Gasteiger partial charge < -0.3 is 0 Å². The van der Waals surface area contributed by atoms with Crippen LogP contribution < -0.4 is 0 Å². The first kappa shape index (κ1) is 7.99. The third kappa shape index (κ3) is 1.20. The Bertz CT molecular complexity index is 277. The van der Waals surface area contributed by atoms with Crippen LogP contribution >= 0.6 is 11.3 Å². The fourth-order valence-corrected chi connectivity index (χ4v) is 2.95. The maximum atomic E-state index is 10.5. The predicted octanol–water partition coefficient (Wildman–Crippen LogP) is 2.69. The van der Waals surface area contributed by atoms with Crippen molar-refractivity contribution in [2.24, 2.45) is 5.92 Å². The largest absolute Gasteiger partial charge is 0.297 e. The third-order valence-corrected chi connectivity index (χ3v) is 3.72. The lowest BCUT2D eigenvalue weighted by atomic mass is 10.0. The molecule has 0 spiro atoms. The van der Waals surface area contributed by atoms with E-state index in [1.54, 1.807) is 11.3 Å². The van der Waals surface area contributed by atoms with Gasteiger partial charge in [0.1, 0.15) is 0 Å². The lowest BCUT2D eigenvalue weighted by molar-refractivity contribution is 0.112. The van der Waals surface area contributed by atoms with Gasteiger partial charge in [0.15, 0.2) is 6.29 Å². The minimum absolute atomic E-state index is 0.840. The van der Waals surface area contributed by atoms with Crippen LogP contribution in [0.4, 0.5) is 0 Å². The Morgan fingerprint density at radius 1 is 1.67 bits per heavy atom. The second kappa shape index (κ2) is 3.02. The number of hydrogen-bond donors (Lipinski definition) is 0. The molecule has 0 radical (unpaired) electrons. The van der Waals surface area contributed by atoms with Crippen molar-refractivity contribution in [2.45, 2.75) is 26.2 Å². The first-order valence-electron chi connectivity index (χ1n) is 4.40. The molecule has 1 atom stereocenters. The molecular weight excluding hydrogens is 168 g/mol. The molecule has 2 rings (SSSR count). The second-order valence-corrected chi connectivity index (χ2v) is 4.57. The molecule has 1 aromatic rings. The minimum atomic E-state index is 0.840. The van der Waals surface area contributed by atoms with Crippen molar-refractivity contribution in [2.75, 3.05) is 0 Å². The molecule has 64 valence electrons. The molecule has 1 heterocycles. The van der Waals surface area contributed by atoms with Crippen LogP contribution in [-0.4, -0.2) is 6.29 Å². The van der Waals surface area contributed by atoms with Gasteiger partial charge in [-0.1, -0.05) is 13.3 Å². The van der Waals surface area contributed by atoms with Gasteiger partial charge in [-0.25, -0.2) is 0 Å². The second-order valence-electron chi connectivity index (χ2n) is 3.40. The summed E-state index contributed by atoms with van der Waals surface area (Å²) in [6.07, 6.45) is 4.61. The Hall–Kier alpha value is -0.630. The minimum Gasteiger partial charge on any atom is -0.297 e. The van der Waals surface area contributed by atoms with Crippen molar-refractivity contribution >= 4 is 17.6 Å². The van der Waals surface area contributed by atoms with Crippen molar-refractivity contribution in [3.63, 3.8) is 0 Å². The van der Waals surface area contributed by atoms with Gasteiger partial charge >= 0.3 is 0 Å². The topological polar surface area (TPSA) is 17.1 Å². The van der Waals surface area contributed by atoms with Crippen LogP contribution in [0.1, 0.15) is 33.5 Å². The lowest BCUT2D eigenvalue weighted by Gasteiger charge is -2.02. The van der Waals surface area contributed by atoms with E-state index in [4.69, 9.17) is 0 Å². The summed E-state index contributed by atoms with van der Waals surface area (Å²) in [7, 11) is 0. The van der Waals surface area contributed by atoms with Crippen LogP contribution in [-0.2, 0) is 12.8 Å². The average Bonchev–Trinajstić information content (AvgIpc) is 2.59. The van der Waals surface area contributed by atoms with E-state index >= 15 is 0 Å². The molecule has 1 unspecified atom stereocenters. The van der Waals surface area contributed by atoms with Crippen LogP contribution in [0.25, 0.3) is 0 Å². The van der Waals surface area contributed by atoms with E-state index in [1.807, 2.05) is 0 Å². The summed E-state index contributed by atoms with van der Waals surface area (Å²) < 4.78 is 0. The Labute approximate surface area is 76.4 Å². The molecule has 1 aromatic heterocycles. The Morgan fingerprint density at radius 3 is 3.08 bits per heavy atom. The van der Waals surface area contributed by atoms with E-state index in [2.05, 4.69) is 13.0 Å². The summed E-state index contributed by atoms with van der Waals surface area (Å²) in [5, 5.41) is 0. The number of rotatable bonds is 2. The van der Waals surface area contributed by atoms with Gasteiger partial charge in [0, 0.05) is 4.88 Å². The molecule has 2 heteroatoms. The Balaban J connectivity index is 2.23. The van der Waals surface area contributed by atoms with E-state index < -0.39 is 0 Å². The van der Waals surface area contributed by atoms with Crippen LogP contribution in [0.5, 0.6) is 0 Å². The van der Waals surface area contributed by atoms with Gasteiger partial charge in [0.25, 0.3) is 0 Å². The van der Waals surface area contributed by atoms with Crippen LogP contribution in [0.3, 0.4) is 0 Å². The highest BCUT2D eigenvalue weighted by Gasteiger charge is 2.22. The maximum absolute atomic E-state index is 10.5. The molecule has 1 aliphatic rings. The molecule has 12 heavy (non-hydrogen) atoms. The van der Waals surface area contributed by atoms with Crippen LogP contribution in [0.2, 0.25) is 0 Å². The van der Waals surface area contributed by atoms with E-state index in [-0.39, 0.29) is 0 Å². The quantitative estimate of drug-likeness (QED) is 0.639. The zero-order valence-electron chi connectivity index (χ0n) is 7.17. The van der Waals surface area contributed by atoms with E-state index in [9.17, 15) is 4.79 Å². The highest BCUT2D eigenvalue weighted by molar-refractivity contribution is 7.13. The predicted molar refractivity (Wildman–Crippen MR) is 50.9 cm³/mol. The average molecular weight is 180 g/mol. The normalized spacial score (nSPS) is 20.9. The van der Waals surface area contributed by atoms with E-state index in [1.165, 1.54) is 29.7 Å². The van der Waals surface area contributed by atoms with Gasteiger partial charge in [-0.2, -0.15) is 0 Å². The summed E-state index contributed by atoms with van der Waals surface area (Å²) >= 11 is 1.67. The van der Waals surface area contributed by atoms with Crippen molar-refractivity contribution in [1.29, 1.82) is 0 Å². The van der Waals surface area contributed by atoms with Gasteiger partial charge in [0.2, 0.25) is 0 Å². The summed E-state index contributed by atoms with van der Waals surface area (Å²) in [4.78, 5) is 12.8. The monoisotopic (exact) mass is 180 g/mol. The van der Waals surface area contributed by atoms with Crippen LogP contribution in [0, 0.1) is 5.92 Å². The first-order chi connectivity index (χ1) is 5.83. The Morgan fingerprint density at radius 2 is 2.50 bits per heavy atom. The molecule has 0 aromatic carbocycles. The molecule has 0 N–H and O–H groups in total. The highest BCUT2D eigenvalue weighted by Crippen LogP contribution is 2.34. The van der Waals surface area contributed by atoms with Crippen LogP contribution in [0.15, 0.2) is 6.07 Å². The van der Waals surface area contributed by atoms with Crippen molar-refractivity contribution in [3.05, 3.63) is 21.4 Å². The zero-order valence-corrected chi connectivity index (χ0v) is 7.99. The number of aldehydes is 1. The van der Waals surface area contributed by atoms with Gasteiger partial charge in [-0.3, -0.25) is 4.79 Å². The molecule has 0 aliphatic heterocycles. The molecule has 0 bridgehead atoms. The van der Waals surface area contributed by atoms with Gasteiger partial charge in [-0.05, 0) is 30.4 Å². The van der Waals surface area contributed by atoms with E-state index in [0.717, 1.165) is 17.1 Å². The van der Waals surface area contributed by atoms with Gasteiger partial charge in [0.05, 0.1) is 4.88 Å². The maximum Gasteiger partial charge on any atom is 0.160 e. The fraction of sp³-hybridized carbons (Fsp3) is 0.500. The molecule has 0 fully saturated rings. The summed E-state index contributed by atoms with van der Waals surface area (Å²) in [5.41, 5.74) is 1.42. The number of fused-ring (bicyclic) bond motifs is 1. The van der Waals surface area contributed by atoms with E-state index in [0.29, 0.717) is 0 Å². The number of carbonyl (C=O) groups excluding carboxylic acids is 1. The van der Waals surface area contributed by atoms with Crippen molar-refractivity contribution < 1.29 is 4.79 Å². The molecule has 0 saturated heterocycles. The highest BCUT2D eigenvalue weighted by atomic mass is 32.1. The standard InChI is InChI=1S/C10H12OS/c1-2-7-3-8-5-9(6-11)12-10(8)4-7/h5-7H,2-4H2,1H3. The smallest absolute Gasteiger partial charge is 0.160 e. The third-order valence-electron chi connectivity index (χ3n) is 2.59. The summed E-state index contributed by atoms with van der Waals surface area (Å²) in [6.45, 7) is 2.24. The van der Waals surface area contributed by atoms with Gasteiger partial charge in [-0.15, -0.1) is 11.3 Å². The first-order valence-corrected chi connectivity index (χ1v) is 5.22. The summed E-state index contributed by atoms with van der Waals surface area (Å²) in [5.74, 6) is 0.840. The zero-order chi connectivity index (χ0) is 8.55. The molecule has 0 amide bonds. The number of thiophene rings is 1. The molecule has 1 aliphatic carbocycles. The molecular formula is C10H12OS. The fourth-order valence-electron chi connectivity index (χ4n) is 1.83. The number of carbonyl (C=O) groups is 1. The Kier molecular flexibility index (Phi) is 2.01. The molecule has 1 nitrogen and oxygen atoms in total.